The molecule has 6 nitrogen and oxygen atoms in total. The third-order valence-corrected chi connectivity index (χ3v) is 5.17. The van der Waals surface area contributed by atoms with Crippen molar-refractivity contribution in [2.45, 2.75) is 31.2 Å². The van der Waals surface area contributed by atoms with Gasteiger partial charge in [0.25, 0.3) is 0 Å². The van der Waals surface area contributed by atoms with E-state index in [9.17, 15) is 8.42 Å². The van der Waals surface area contributed by atoms with Crippen molar-refractivity contribution in [1.82, 2.24) is 5.32 Å². The second-order valence-corrected chi connectivity index (χ2v) is 7.89. The van der Waals surface area contributed by atoms with E-state index < -0.39 is 10.0 Å². The maximum Gasteiger partial charge on any atom is 0.238 e. The first kappa shape index (κ1) is 21.9. The Balaban J connectivity index is 1.98. The first-order valence-electron chi connectivity index (χ1n) is 9.15. The zero-order chi connectivity index (χ0) is 20.6. The minimum absolute atomic E-state index is 0.125. The third-order valence-electron chi connectivity index (χ3n) is 4.24. The molecule has 2 rings (SSSR count). The van der Waals surface area contributed by atoms with Crippen molar-refractivity contribution >= 4 is 10.0 Å². The van der Waals surface area contributed by atoms with Gasteiger partial charge in [0.2, 0.25) is 10.0 Å². The molecule has 0 atom stereocenters. The van der Waals surface area contributed by atoms with Gasteiger partial charge in [-0.25, -0.2) is 13.6 Å². The van der Waals surface area contributed by atoms with E-state index in [0.717, 1.165) is 41.2 Å². The van der Waals surface area contributed by atoms with Crippen molar-refractivity contribution in [1.29, 1.82) is 0 Å². The molecule has 0 aliphatic carbocycles. The highest BCUT2D eigenvalue weighted by atomic mass is 32.2. The van der Waals surface area contributed by atoms with E-state index in [0.29, 0.717) is 19.6 Å². The van der Waals surface area contributed by atoms with Crippen LogP contribution >= 0.6 is 0 Å². The summed E-state index contributed by atoms with van der Waals surface area (Å²) in [5.41, 5.74) is 3.19. The first-order chi connectivity index (χ1) is 13.4. The number of hydrogen-bond donors (Lipinski definition) is 2. The van der Waals surface area contributed by atoms with Crippen LogP contribution in [0.2, 0.25) is 0 Å². The van der Waals surface area contributed by atoms with Crippen LogP contribution in [0.15, 0.2) is 53.9 Å². The SMILES string of the molecule is C=CCc1cc(CNCCc2ccc(S(N)(=O)=O)cc2)cc(OC)c1OCC. The molecular formula is C21H28N2O4S. The molecule has 2 aromatic rings. The third kappa shape index (κ3) is 6.09. The highest BCUT2D eigenvalue weighted by Crippen LogP contribution is 2.33. The molecule has 0 amide bonds. The van der Waals surface area contributed by atoms with Gasteiger partial charge in [-0.2, -0.15) is 0 Å². The average molecular weight is 405 g/mol. The van der Waals surface area contributed by atoms with Crippen LogP contribution in [0, 0.1) is 0 Å². The Kier molecular flexibility index (Phi) is 8.04. The fraction of sp³-hybridized carbons (Fsp3) is 0.333. The van der Waals surface area contributed by atoms with Gasteiger partial charge in [0, 0.05) is 12.1 Å². The van der Waals surface area contributed by atoms with E-state index in [4.69, 9.17) is 14.6 Å². The van der Waals surface area contributed by atoms with Gasteiger partial charge in [-0.15, -0.1) is 6.58 Å². The van der Waals surface area contributed by atoms with Gasteiger partial charge in [-0.3, -0.25) is 0 Å². The number of sulfonamides is 1. The molecule has 0 aliphatic heterocycles. The van der Waals surface area contributed by atoms with E-state index in [2.05, 4.69) is 18.0 Å². The standard InChI is InChI=1S/C21H28N2O4S/c1-4-6-18-13-17(14-20(26-3)21(18)27-5-2)15-23-12-11-16-7-9-19(10-8-16)28(22,24)25/h4,7-10,13-14,23H,1,5-6,11-12,15H2,2-3H3,(H2,22,24,25). The second kappa shape index (κ2) is 10.3. The van der Waals surface area contributed by atoms with E-state index in [1.54, 1.807) is 19.2 Å². The Morgan fingerprint density at radius 1 is 1.18 bits per heavy atom. The lowest BCUT2D eigenvalue weighted by Gasteiger charge is -2.16. The van der Waals surface area contributed by atoms with Crippen molar-refractivity contribution < 1.29 is 17.9 Å². The molecule has 3 N–H and O–H groups in total. The average Bonchev–Trinajstić information content (AvgIpc) is 2.67. The highest BCUT2D eigenvalue weighted by molar-refractivity contribution is 7.89. The molecule has 0 spiro atoms. The molecule has 0 aromatic heterocycles. The summed E-state index contributed by atoms with van der Waals surface area (Å²) in [6.45, 7) is 7.77. The summed E-state index contributed by atoms with van der Waals surface area (Å²) >= 11 is 0. The lowest BCUT2D eigenvalue weighted by Crippen LogP contribution is -2.17. The number of primary sulfonamides is 1. The fourth-order valence-corrected chi connectivity index (χ4v) is 3.42. The molecule has 0 aliphatic rings. The number of nitrogens with one attached hydrogen (secondary N) is 1. The summed E-state index contributed by atoms with van der Waals surface area (Å²) in [5, 5.41) is 8.52. The summed E-state index contributed by atoms with van der Waals surface area (Å²) in [6, 6.07) is 10.7. The van der Waals surface area contributed by atoms with Gasteiger partial charge in [0.1, 0.15) is 0 Å². The van der Waals surface area contributed by atoms with Gasteiger partial charge in [0.05, 0.1) is 18.6 Å². The van der Waals surface area contributed by atoms with E-state index >= 15 is 0 Å². The largest absolute Gasteiger partial charge is 0.493 e. The molecule has 2 aromatic carbocycles. The van der Waals surface area contributed by atoms with Crippen molar-refractivity contribution in [3.8, 4) is 11.5 Å². The van der Waals surface area contributed by atoms with Gasteiger partial charge < -0.3 is 14.8 Å². The molecule has 152 valence electrons. The maximum absolute atomic E-state index is 11.3. The van der Waals surface area contributed by atoms with E-state index in [1.807, 2.05) is 19.1 Å². The first-order valence-corrected chi connectivity index (χ1v) is 10.7. The van der Waals surface area contributed by atoms with Crippen molar-refractivity contribution in [2.75, 3.05) is 20.3 Å². The van der Waals surface area contributed by atoms with Crippen LogP contribution in [0.1, 0.15) is 23.6 Å². The molecule has 0 fully saturated rings. The molecule has 0 bridgehead atoms. The Labute approximate surface area is 167 Å². The van der Waals surface area contributed by atoms with Gasteiger partial charge in [0.15, 0.2) is 11.5 Å². The minimum atomic E-state index is -3.65. The molecule has 0 saturated heterocycles. The quantitative estimate of drug-likeness (QED) is 0.444. The van der Waals surface area contributed by atoms with Crippen molar-refractivity contribution in [3.63, 3.8) is 0 Å². The van der Waals surface area contributed by atoms with Gasteiger partial charge >= 0.3 is 0 Å². The lowest BCUT2D eigenvalue weighted by atomic mass is 10.1. The summed E-state index contributed by atoms with van der Waals surface area (Å²) in [5.74, 6) is 1.49. The van der Waals surface area contributed by atoms with Crippen LogP contribution in [-0.4, -0.2) is 28.7 Å². The molecule has 0 unspecified atom stereocenters. The molecule has 0 radical (unpaired) electrons. The van der Waals surface area contributed by atoms with E-state index in [-0.39, 0.29) is 4.90 Å². The molecule has 7 heteroatoms. The number of nitrogens with two attached hydrogens (primary N) is 1. The summed E-state index contributed by atoms with van der Waals surface area (Å²) in [7, 11) is -2.01. The predicted molar refractivity (Wildman–Crippen MR) is 111 cm³/mol. The number of methoxy groups -OCH3 is 1. The Hall–Kier alpha value is -2.35. The molecular weight excluding hydrogens is 376 g/mol. The van der Waals surface area contributed by atoms with Crippen LogP contribution in [-0.2, 0) is 29.4 Å². The van der Waals surface area contributed by atoms with Gasteiger partial charge in [-0.05, 0) is 55.6 Å². The summed E-state index contributed by atoms with van der Waals surface area (Å²) in [4.78, 5) is 0.125. The molecule has 0 heterocycles. The van der Waals surface area contributed by atoms with Crippen molar-refractivity contribution in [3.05, 3.63) is 65.7 Å². The maximum atomic E-state index is 11.3. The number of benzene rings is 2. The highest BCUT2D eigenvalue weighted by Gasteiger charge is 2.12. The zero-order valence-corrected chi connectivity index (χ0v) is 17.2. The van der Waals surface area contributed by atoms with Crippen LogP contribution in [0.25, 0.3) is 0 Å². The molecule has 28 heavy (non-hydrogen) atoms. The number of rotatable bonds is 11. The molecule has 0 saturated carbocycles. The monoisotopic (exact) mass is 404 g/mol. The van der Waals surface area contributed by atoms with E-state index in [1.165, 1.54) is 12.1 Å². The number of hydrogen-bond acceptors (Lipinski definition) is 5. The minimum Gasteiger partial charge on any atom is -0.493 e. The lowest BCUT2D eigenvalue weighted by molar-refractivity contribution is 0.308. The van der Waals surface area contributed by atoms with Crippen LogP contribution < -0.4 is 19.9 Å². The second-order valence-electron chi connectivity index (χ2n) is 6.33. The van der Waals surface area contributed by atoms with Crippen LogP contribution in [0.5, 0.6) is 11.5 Å². The Bertz CT molecular complexity index is 893. The summed E-state index contributed by atoms with van der Waals surface area (Å²) in [6.07, 6.45) is 3.33. The van der Waals surface area contributed by atoms with Crippen molar-refractivity contribution in [2.24, 2.45) is 5.14 Å². The van der Waals surface area contributed by atoms with Crippen LogP contribution in [0.3, 0.4) is 0 Å². The normalized spacial score (nSPS) is 11.2. The predicted octanol–water partition coefficient (Wildman–Crippen LogP) is 2.80. The van der Waals surface area contributed by atoms with Gasteiger partial charge in [-0.1, -0.05) is 24.3 Å². The topological polar surface area (TPSA) is 90.7 Å². The Morgan fingerprint density at radius 3 is 2.46 bits per heavy atom. The fourth-order valence-electron chi connectivity index (χ4n) is 2.90. The smallest absolute Gasteiger partial charge is 0.238 e. The number of ether oxygens (including phenoxy) is 2. The van der Waals surface area contributed by atoms with Crippen LogP contribution in [0.4, 0.5) is 0 Å². The Morgan fingerprint density at radius 2 is 1.89 bits per heavy atom. The number of allylic oxidation sites excluding steroid dienone is 1. The zero-order valence-electron chi connectivity index (χ0n) is 16.4. The summed E-state index contributed by atoms with van der Waals surface area (Å²) < 4.78 is 33.8.